The van der Waals surface area contributed by atoms with E-state index in [1.165, 1.54) is 0 Å². The molecule has 23 heavy (non-hydrogen) atoms. The molecule has 3 rings (SSSR count). The third-order valence-corrected chi connectivity index (χ3v) is 4.38. The quantitative estimate of drug-likeness (QED) is 0.813. The molecule has 7 nitrogen and oxygen atoms in total. The summed E-state index contributed by atoms with van der Waals surface area (Å²) in [5, 5.41) is 8.94. The van der Waals surface area contributed by atoms with Crippen molar-refractivity contribution in [3.8, 4) is 6.07 Å². The smallest absolute Gasteiger partial charge is 0.226 e. The fourth-order valence-electron chi connectivity index (χ4n) is 2.67. The van der Waals surface area contributed by atoms with Gasteiger partial charge in [-0.05, 0) is 34.8 Å². The highest BCUT2D eigenvalue weighted by Gasteiger charge is 2.25. The highest BCUT2D eigenvalue weighted by atomic mass is 79.9. The molecule has 0 N–H and O–H groups in total. The van der Waals surface area contributed by atoms with Gasteiger partial charge in [0.25, 0.3) is 0 Å². The number of nitriles is 1. The maximum absolute atomic E-state index is 8.94. The number of hydrogen-bond donors (Lipinski definition) is 0. The Kier molecular flexibility index (Phi) is 4.67. The Morgan fingerprint density at radius 2 is 1.96 bits per heavy atom. The number of nitrogens with zero attached hydrogens (tertiary/aromatic N) is 7. The highest BCUT2D eigenvalue weighted by Crippen LogP contribution is 2.22. The SMILES string of the molecule is CN(c1ncc(Br)cn1)C1CCN(c2nccc(C#N)n2)CC1. The summed E-state index contributed by atoms with van der Waals surface area (Å²) >= 11 is 3.35. The summed E-state index contributed by atoms with van der Waals surface area (Å²) in [5.74, 6) is 1.36. The van der Waals surface area contributed by atoms with Gasteiger partial charge in [-0.1, -0.05) is 0 Å². The second kappa shape index (κ2) is 6.87. The Balaban J connectivity index is 1.63. The van der Waals surface area contributed by atoms with Crippen molar-refractivity contribution in [3.63, 3.8) is 0 Å². The van der Waals surface area contributed by atoms with Crippen molar-refractivity contribution in [1.29, 1.82) is 5.26 Å². The predicted molar refractivity (Wildman–Crippen MR) is 90.1 cm³/mol. The van der Waals surface area contributed by atoms with Crippen molar-refractivity contribution in [2.45, 2.75) is 18.9 Å². The summed E-state index contributed by atoms with van der Waals surface area (Å²) in [4.78, 5) is 21.5. The van der Waals surface area contributed by atoms with E-state index in [2.05, 4.69) is 51.7 Å². The zero-order valence-electron chi connectivity index (χ0n) is 12.7. The fraction of sp³-hybridized carbons (Fsp3) is 0.400. The van der Waals surface area contributed by atoms with Crippen LogP contribution in [0, 0.1) is 11.3 Å². The average Bonchev–Trinajstić information content (AvgIpc) is 2.62. The second-order valence-corrected chi connectivity index (χ2v) is 6.30. The summed E-state index contributed by atoms with van der Waals surface area (Å²) < 4.78 is 0.874. The molecule has 0 spiro atoms. The van der Waals surface area contributed by atoms with Crippen LogP contribution in [0.1, 0.15) is 18.5 Å². The van der Waals surface area contributed by atoms with Gasteiger partial charge in [0.1, 0.15) is 11.8 Å². The van der Waals surface area contributed by atoms with E-state index in [-0.39, 0.29) is 0 Å². The lowest BCUT2D eigenvalue weighted by atomic mass is 10.0. The maximum atomic E-state index is 8.94. The summed E-state index contributed by atoms with van der Waals surface area (Å²) in [5.41, 5.74) is 0.400. The van der Waals surface area contributed by atoms with E-state index >= 15 is 0 Å². The van der Waals surface area contributed by atoms with E-state index in [9.17, 15) is 0 Å². The number of piperidine rings is 1. The van der Waals surface area contributed by atoms with Crippen LogP contribution in [0.25, 0.3) is 0 Å². The van der Waals surface area contributed by atoms with Crippen LogP contribution in [0.2, 0.25) is 0 Å². The highest BCUT2D eigenvalue weighted by molar-refractivity contribution is 9.10. The van der Waals surface area contributed by atoms with Gasteiger partial charge in [-0.2, -0.15) is 5.26 Å². The lowest BCUT2D eigenvalue weighted by Crippen LogP contribution is -2.44. The molecular formula is C15H16BrN7. The van der Waals surface area contributed by atoms with Crippen LogP contribution >= 0.6 is 15.9 Å². The molecule has 0 saturated carbocycles. The molecule has 1 saturated heterocycles. The van der Waals surface area contributed by atoms with Gasteiger partial charge >= 0.3 is 0 Å². The van der Waals surface area contributed by atoms with Gasteiger partial charge in [0.15, 0.2) is 0 Å². The number of halogens is 1. The van der Waals surface area contributed by atoms with Crippen LogP contribution in [0.3, 0.4) is 0 Å². The van der Waals surface area contributed by atoms with E-state index in [1.54, 1.807) is 24.7 Å². The minimum atomic E-state index is 0.381. The van der Waals surface area contributed by atoms with Gasteiger partial charge in [-0.3, -0.25) is 0 Å². The molecule has 0 aromatic carbocycles. The van der Waals surface area contributed by atoms with Crippen LogP contribution in [0.5, 0.6) is 0 Å². The monoisotopic (exact) mass is 373 g/mol. The van der Waals surface area contributed by atoms with Gasteiger partial charge < -0.3 is 9.80 Å². The van der Waals surface area contributed by atoms with Gasteiger partial charge in [0, 0.05) is 44.8 Å². The van der Waals surface area contributed by atoms with Gasteiger partial charge in [-0.15, -0.1) is 0 Å². The van der Waals surface area contributed by atoms with Crippen LogP contribution < -0.4 is 9.80 Å². The Morgan fingerprint density at radius 3 is 2.61 bits per heavy atom. The van der Waals surface area contributed by atoms with E-state index in [4.69, 9.17) is 5.26 Å². The molecule has 1 aliphatic heterocycles. The maximum Gasteiger partial charge on any atom is 0.226 e. The van der Waals surface area contributed by atoms with Gasteiger partial charge in [0.2, 0.25) is 11.9 Å². The van der Waals surface area contributed by atoms with Crippen LogP contribution in [-0.4, -0.2) is 46.1 Å². The third-order valence-electron chi connectivity index (χ3n) is 3.97. The predicted octanol–water partition coefficient (Wildman–Crippen LogP) is 2.01. The lowest BCUT2D eigenvalue weighted by molar-refractivity contribution is 0.473. The normalized spacial score (nSPS) is 15.3. The summed E-state index contributed by atoms with van der Waals surface area (Å²) in [7, 11) is 2.02. The zero-order valence-corrected chi connectivity index (χ0v) is 14.3. The van der Waals surface area contributed by atoms with Crippen molar-refractivity contribution in [1.82, 2.24) is 19.9 Å². The van der Waals surface area contributed by atoms with Crippen molar-refractivity contribution in [3.05, 3.63) is 34.8 Å². The van der Waals surface area contributed by atoms with Crippen LogP contribution in [0.15, 0.2) is 29.1 Å². The summed E-state index contributed by atoms with van der Waals surface area (Å²) in [6.45, 7) is 1.70. The number of hydrogen-bond acceptors (Lipinski definition) is 7. The molecule has 2 aromatic rings. The van der Waals surface area contributed by atoms with E-state index in [0.29, 0.717) is 17.7 Å². The molecular weight excluding hydrogens is 358 g/mol. The number of anilines is 2. The lowest BCUT2D eigenvalue weighted by Gasteiger charge is -2.36. The molecule has 0 unspecified atom stereocenters. The average molecular weight is 374 g/mol. The Labute approximate surface area is 143 Å². The minimum Gasteiger partial charge on any atom is -0.341 e. The first-order valence-corrected chi connectivity index (χ1v) is 8.15. The summed E-state index contributed by atoms with van der Waals surface area (Å²) in [6, 6.07) is 4.05. The van der Waals surface area contributed by atoms with E-state index in [1.807, 2.05) is 7.05 Å². The number of rotatable bonds is 3. The number of aromatic nitrogens is 4. The third kappa shape index (κ3) is 3.56. The zero-order chi connectivity index (χ0) is 16.2. The van der Waals surface area contributed by atoms with Gasteiger partial charge in [0.05, 0.1) is 4.47 Å². The molecule has 3 heterocycles. The second-order valence-electron chi connectivity index (χ2n) is 5.38. The van der Waals surface area contributed by atoms with Crippen molar-refractivity contribution < 1.29 is 0 Å². The summed E-state index contributed by atoms with van der Waals surface area (Å²) in [6.07, 6.45) is 7.09. The molecule has 2 aromatic heterocycles. The molecule has 118 valence electrons. The molecule has 0 amide bonds. The van der Waals surface area contributed by atoms with E-state index < -0.39 is 0 Å². The van der Waals surface area contributed by atoms with Gasteiger partial charge in [-0.25, -0.2) is 19.9 Å². The molecule has 0 bridgehead atoms. The topological polar surface area (TPSA) is 81.8 Å². The van der Waals surface area contributed by atoms with Crippen molar-refractivity contribution in [2.75, 3.05) is 29.9 Å². The minimum absolute atomic E-state index is 0.381. The standard InChI is InChI=1S/C15H16BrN7/c1-22(14-19-9-11(16)10-20-14)13-3-6-23(7-4-13)15-18-5-2-12(8-17)21-15/h2,5,9-10,13H,3-4,6-7H2,1H3. The molecule has 8 heteroatoms. The first-order valence-electron chi connectivity index (χ1n) is 7.36. The molecule has 0 atom stereocenters. The molecule has 1 fully saturated rings. The largest absolute Gasteiger partial charge is 0.341 e. The van der Waals surface area contributed by atoms with Crippen molar-refractivity contribution >= 4 is 27.8 Å². The molecule has 0 aliphatic carbocycles. The Bertz CT molecular complexity index is 705. The van der Waals surface area contributed by atoms with Crippen LogP contribution in [-0.2, 0) is 0 Å². The van der Waals surface area contributed by atoms with Crippen molar-refractivity contribution in [2.24, 2.45) is 0 Å². The molecule has 1 aliphatic rings. The van der Waals surface area contributed by atoms with E-state index in [0.717, 1.165) is 36.4 Å². The van der Waals surface area contributed by atoms with Crippen LogP contribution in [0.4, 0.5) is 11.9 Å². The fourth-order valence-corrected chi connectivity index (χ4v) is 2.87. The Hall–Kier alpha value is -2.27. The Morgan fingerprint density at radius 1 is 1.26 bits per heavy atom. The first kappa shape index (κ1) is 15.6. The first-order chi connectivity index (χ1) is 11.2. The molecule has 0 radical (unpaired) electrons.